The van der Waals surface area contributed by atoms with Gasteiger partial charge in [0.1, 0.15) is 0 Å². The van der Waals surface area contributed by atoms with Crippen molar-refractivity contribution >= 4 is 0 Å². The van der Waals surface area contributed by atoms with Crippen LogP contribution in [0.4, 0.5) is 0 Å². The average Bonchev–Trinajstić information content (AvgIpc) is 2.44. The van der Waals surface area contributed by atoms with Gasteiger partial charge in [0.25, 0.3) is 0 Å². The number of nitrogens with two attached hydrogens (primary N) is 1. The Balaban J connectivity index is 2.04. The Morgan fingerprint density at radius 3 is 3.05 bits per heavy atom. The first kappa shape index (κ1) is 14.2. The van der Waals surface area contributed by atoms with Gasteiger partial charge in [-0.05, 0) is 44.8 Å². The van der Waals surface area contributed by atoms with Gasteiger partial charge in [-0.15, -0.1) is 0 Å². The van der Waals surface area contributed by atoms with Crippen LogP contribution in [-0.4, -0.2) is 36.2 Å². The smallest absolute Gasteiger partial charge is 0.162 e. The molecule has 4 heteroatoms. The van der Waals surface area contributed by atoms with E-state index in [1.807, 2.05) is 19.1 Å². The molecule has 4 nitrogen and oxygen atoms in total. The van der Waals surface area contributed by atoms with Gasteiger partial charge >= 0.3 is 0 Å². The topological polar surface area (TPSA) is 58.7 Å². The Kier molecular flexibility index (Phi) is 5.05. The van der Waals surface area contributed by atoms with Gasteiger partial charge in [0.15, 0.2) is 11.5 Å². The molecular formula is C15H24N2O2. The molecule has 1 aromatic rings. The molecule has 2 rings (SSSR count). The van der Waals surface area contributed by atoms with E-state index in [-0.39, 0.29) is 5.75 Å². The summed E-state index contributed by atoms with van der Waals surface area (Å²) in [6, 6.07) is 5.70. The summed E-state index contributed by atoms with van der Waals surface area (Å²) in [5.41, 5.74) is 6.69. The van der Waals surface area contributed by atoms with E-state index >= 15 is 0 Å². The molecule has 0 spiro atoms. The zero-order valence-corrected chi connectivity index (χ0v) is 11.6. The fraction of sp³-hybridized carbons (Fsp3) is 0.600. The number of phenols is 1. The number of para-hydroxylation sites is 1. The Morgan fingerprint density at radius 1 is 1.47 bits per heavy atom. The molecule has 1 fully saturated rings. The van der Waals surface area contributed by atoms with Crippen LogP contribution in [0.25, 0.3) is 0 Å². The Hall–Kier alpha value is -1.26. The molecule has 3 N–H and O–H groups in total. The van der Waals surface area contributed by atoms with Crippen LogP contribution in [0.15, 0.2) is 18.2 Å². The number of rotatable bonds is 5. The lowest BCUT2D eigenvalue weighted by Gasteiger charge is -2.32. The third-order valence-electron chi connectivity index (χ3n) is 3.71. The van der Waals surface area contributed by atoms with Crippen LogP contribution >= 0.6 is 0 Å². The highest BCUT2D eigenvalue weighted by Gasteiger charge is 2.20. The van der Waals surface area contributed by atoms with Gasteiger partial charge in [0.05, 0.1) is 6.61 Å². The molecule has 19 heavy (non-hydrogen) atoms. The molecule has 1 aliphatic heterocycles. The largest absolute Gasteiger partial charge is 0.504 e. The normalized spacial score (nSPS) is 20.4. The maximum Gasteiger partial charge on any atom is 0.162 e. The number of likely N-dealkylation sites (tertiary alicyclic amines) is 1. The molecule has 1 unspecified atom stereocenters. The molecular weight excluding hydrogens is 240 g/mol. The summed E-state index contributed by atoms with van der Waals surface area (Å²) < 4.78 is 5.42. The van der Waals surface area contributed by atoms with Crippen molar-refractivity contribution in [2.75, 3.05) is 26.2 Å². The third-order valence-corrected chi connectivity index (χ3v) is 3.71. The minimum atomic E-state index is 0.277. The highest BCUT2D eigenvalue weighted by molar-refractivity contribution is 5.45. The number of ether oxygens (including phenoxy) is 1. The van der Waals surface area contributed by atoms with Crippen LogP contribution in [0.3, 0.4) is 0 Å². The first-order chi connectivity index (χ1) is 9.24. The number of hydrogen-bond acceptors (Lipinski definition) is 4. The van der Waals surface area contributed by atoms with Gasteiger partial charge in [-0.3, -0.25) is 4.90 Å². The average molecular weight is 264 g/mol. The first-order valence-corrected chi connectivity index (χ1v) is 7.10. The van der Waals surface area contributed by atoms with Crippen molar-refractivity contribution in [1.29, 1.82) is 0 Å². The van der Waals surface area contributed by atoms with Crippen molar-refractivity contribution in [1.82, 2.24) is 4.90 Å². The van der Waals surface area contributed by atoms with Gasteiger partial charge in [0, 0.05) is 18.7 Å². The van der Waals surface area contributed by atoms with Crippen molar-refractivity contribution in [3.05, 3.63) is 23.8 Å². The van der Waals surface area contributed by atoms with E-state index in [9.17, 15) is 5.11 Å². The van der Waals surface area contributed by atoms with Crippen LogP contribution in [-0.2, 0) is 6.54 Å². The second kappa shape index (κ2) is 6.78. The lowest BCUT2D eigenvalue weighted by atomic mass is 9.98. The minimum absolute atomic E-state index is 0.277. The van der Waals surface area contributed by atoms with E-state index in [0.717, 1.165) is 31.7 Å². The summed E-state index contributed by atoms with van der Waals surface area (Å²) in [5, 5.41) is 10.2. The van der Waals surface area contributed by atoms with Gasteiger partial charge in [-0.2, -0.15) is 0 Å². The highest BCUT2D eigenvalue weighted by Crippen LogP contribution is 2.31. The zero-order valence-electron chi connectivity index (χ0n) is 11.6. The summed E-state index contributed by atoms with van der Waals surface area (Å²) in [5.74, 6) is 1.44. The number of nitrogens with zero attached hydrogens (tertiary/aromatic N) is 1. The fourth-order valence-electron chi connectivity index (χ4n) is 2.70. The van der Waals surface area contributed by atoms with Crippen molar-refractivity contribution < 1.29 is 9.84 Å². The second-order valence-corrected chi connectivity index (χ2v) is 5.18. The fourth-order valence-corrected chi connectivity index (χ4v) is 2.70. The van der Waals surface area contributed by atoms with Crippen molar-refractivity contribution in [3.63, 3.8) is 0 Å². The van der Waals surface area contributed by atoms with Crippen LogP contribution in [0.1, 0.15) is 25.3 Å². The Morgan fingerprint density at radius 2 is 2.32 bits per heavy atom. The zero-order chi connectivity index (χ0) is 13.7. The lowest BCUT2D eigenvalue weighted by molar-refractivity contribution is 0.169. The number of benzene rings is 1. The molecule has 0 aliphatic carbocycles. The molecule has 106 valence electrons. The summed E-state index contributed by atoms with van der Waals surface area (Å²) in [4.78, 5) is 2.37. The van der Waals surface area contributed by atoms with E-state index in [2.05, 4.69) is 4.90 Å². The van der Waals surface area contributed by atoms with E-state index in [0.29, 0.717) is 18.3 Å². The molecule has 1 heterocycles. The highest BCUT2D eigenvalue weighted by atomic mass is 16.5. The monoisotopic (exact) mass is 264 g/mol. The predicted molar refractivity (Wildman–Crippen MR) is 76.3 cm³/mol. The van der Waals surface area contributed by atoms with E-state index in [4.69, 9.17) is 10.5 Å². The summed E-state index contributed by atoms with van der Waals surface area (Å²) in [7, 11) is 0. The molecule has 0 amide bonds. The van der Waals surface area contributed by atoms with Gasteiger partial charge < -0.3 is 15.6 Å². The molecule has 0 radical (unpaired) electrons. The number of phenolic OH excluding ortho intramolecular Hbond substituents is 1. The predicted octanol–water partition coefficient (Wildman–Crippen LogP) is 1.96. The van der Waals surface area contributed by atoms with Crippen molar-refractivity contribution in [2.45, 2.75) is 26.3 Å². The molecule has 1 aliphatic rings. The quantitative estimate of drug-likeness (QED) is 0.853. The van der Waals surface area contributed by atoms with E-state index < -0.39 is 0 Å². The maximum absolute atomic E-state index is 10.2. The Labute approximate surface area is 115 Å². The van der Waals surface area contributed by atoms with Crippen LogP contribution in [0, 0.1) is 5.92 Å². The third kappa shape index (κ3) is 3.61. The summed E-state index contributed by atoms with van der Waals surface area (Å²) in [6.45, 7) is 6.10. The molecule has 1 saturated heterocycles. The summed E-state index contributed by atoms with van der Waals surface area (Å²) >= 11 is 0. The molecule has 0 saturated carbocycles. The van der Waals surface area contributed by atoms with Gasteiger partial charge in [-0.1, -0.05) is 12.1 Å². The first-order valence-electron chi connectivity index (χ1n) is 7.10. The van der Waals surface area contributed by atoms with Gasteiger partial charge in [-0.25, -0.2) is 0 Å². The standard InChI is InChI=1S/C15H24N2O2/c1-2-19-14-7-3-6-13(15(14)18)11-17-8-4-5-12(9-16)10-17/h3,6-7,12,18H,2,4-5,8-11,16H2,1H3. The molecule has 1 aromatic carbocycles. The molecule has 0 bridgehead atoms. The van der Waals surface area contributed by atoms with Gasteiger partial charge in [0.2, 0.25) is 0 Å². The van der Waals surface area contributed by atoms with E-state index in [1.165, 1.54) is 12.8 Å². The summed E-state index contributed by atoms with van der Waals surface area (Å²) in [6.07, 6.45) is 2.41. The maximum atomic E-state index is 10.2. The number of hydrogen-bond donors (Lipinski definition) is 2. The van der Waals surface area contributed by atoms with Crippen LogP contribution in [0.2, 0.25) is 0 Å². The lowest BCUT2D eigenvalue weighted by Crippen LogP contribution is -2.37. The molecule has 1 atom stereocenters. The van der Waals surface area contributed by atoms with Crippen molar-refractivity contribution in [2.24, 2.45) is 11.7 Å². The number of aromatic hydroxyl groups is 1. The van der Waals surface area contributed by atoms with Crippen molar-refractivity contribution in [3.8, 4) is 11.5 Å². The molecule has 0 aromatic heterocycles. The van der Waals surface area contributed by atoms with Crippen LogP contribution in [0.5, 0.6) is 11.5 Å². The Bertz CT molecular complexity index is 409. The number of piperidine rings is 1. The van der Waals surface area contributed by atoms with E-state index in [1.54, 1.807) is 6.07 Å². The second-order valence-electron chi connectivity index (χ2n) is 5.18. The minimum Gasteiger partial charge on any atom is -0.504 e. The SMILES string of the molecule is CCOc1cccc(CN2CCCC(CN)C2)c1O. The van der Waals surface area contributed by atoms with Crippen LogP contribution < -0.4 is 10.5 Å².